The molecule has 19 heavy (non-hydrogen) atoms. The third kappa shape index (κ3) is 5.53. The Hall–Kier alpha value is -1.20. The van der Waals surface area contributed by atoms with Crippen molar-refractivity contribution in [2.24, 2.45) is 11.5 Å². The monoisotopic (exact) mass is 282 g/mol. The summed E-state index contributed by atoms with van der Waals surface area (Å²) in [7, 11) is 1.66. The van der Waals surface area contributed by atoms with Crippen LogP contribution in [0, 0.1) is 0 Å². The Morgan fingerprint density at radius 2 is 1.95 bits per heavy atom. The summed E-state index contributed by atoms with van der Waals surface area (Å²) in [6, 6.07) is 7.98. The first-order chi connectivity index (χ1) is 8.95. The van der Waals surface area contributed by atoms with Gasteiger partial charge in [-0.1, -0.05) is 6.42 Å². The Bertz CT molecular complexity index is 404. The Morgan fingerprint density at radius 3 is 2.47 bits per heavy atom. The smallest absolute Gasteiger partial charge is 0.237 e. The van der Waals surface area contributed by atoms with Gasteiger partial charge in [0.15, 0.2) is 0 Å². The van der Waals surface area contributed by atoms with E-state index in [1.165, 1.54) is 4.90 Å². The number of thioether (sulfide) groups is 1. The third-order valence-electron chi connectivity index (χ3n) is 2.98. The average Bonchev–Trinajstić information content (AvgIpc) is 2.38. The highest BCUT2D eigenvalue weighted by Crippen LogP contribution is 2.23. The van der Waals surface area contributed by atoms with Crippen molar-refractivity contribution < 1.29 is 9.53 Å². The first-order valence-corrected chi connectivity index (χ1v) is 7.30. The number of carbonyl (C=O) groups excluding carboxylic acids is 1. The molecule has 0 saturated carbocycles. The lowest BCUT2D eigenvalue weighted by molar-refractivity contribution is -0.122. The van der Waals surface area contributed by atoms with Crippen molar-refractivity contribution in [1.29, 1.82) is 0 Å². The van der Waals surface area contributed by atoms with Gasteiger partial charge in [0.05, 0.1) is 12.6 Å². The zero-order valence-electron chi connectivity index (χ0n) is 11.5. The molecule has 0 fully saturated rings. The molecule has 1 aromatic rings. The lowest BCUT2D eigenvalue weighted by Crippen LogP contribution is -2.49. The Kier molecular flexibility index (Phi) is 6.18. The summed E-state index contributed by atoms with van der Waals surface area (Å²) < 4.78 is 5.11. The molecule has 1 rings (SSSR count). The maximum atomic E-state index is 11.0. The van der Waals surface area contributed by atoms with E-state index in [9.17, 15) is 4.79 Å². The standard InChI is InChI=1S/C14H22N2O2S/c1-14(16,13(15)17)9-3-4-10-19-12-7-5-11(18-2)6-8-12/h5-8H,3-4,9-10,16H2,1-2H3,(H2,15,17). The predicted molar refractivity (Wildman–Crippen MR) is 79.4 cm³/mol. The fourth-order valence-electron chi connectivity index (χ4n) is 1.58. The van der Waals surface area contributed by atoms with Crippen LogP contribution in [0.3, 0.4) is 0 Å². The lowest BCUT2D eigenvalue weighted by atomic mass is 9.96. The number of amides is 1. The van der Waals surface area contributed by atoms with E-state index >= 15 is 0 Å². The number of unbranched alkanes of at least 4 members (excludes halogenated alkanes) is 1. The second-order valence-corrected chi connectivity index (χ2v) is 5.93. The largest absolute Gasteiger partial charge is 0.497 e. The number of benzene rings is 1. The van der Waals surface area contributed by atoms with Crippen LogP contribution in [0.1, 0.15) is 26.2 Å². The van der Waals surface area contributed by atoms with Crippen LogP contribution in [0.4, 0.5) is 0 Å². The highest BCUT2D eigenvalue weighted by Gasteiger charge is 2.24. The SMILES string of the molecule is COc1ccc(SCCCCC(C)(N)C(N)=O)cc1. The quantitative estimate of drug-likeness (QED) is 0.566. The summed E-state index contributed by atoms with van der Waals surface area (Å²) >= 11 is 1.79. The molecule has 1 amide bonds. The molecule has 0 radical (unpaired) electrons. The van der Waals surface area contributed by atoms with E-state index in [-0.39, 0.29) is 0 Å². The number of nitrogens with two attached hydrogens (primary N) is 2. The van der Waals surface area contributed by atoms with E-state index < -0.39 is 11.4 Å². The molecule has 5 heteroatoms. The van der Waals surface area contributed by atoms with Crippen molar-refractivity contribution in [3.8, 4) is 5.75 Å². The number of rotatable bonds is 8. The Balaban J connectivity index is 2.22. The molecule has 4 nitrogen and oxygen atoms in total. The van der Waals surface area contributed by atoms with Crippen molar-refractivity contribution >= 4 is 17.7 Å². The molecule has 0 aliphatic rings. The fourth-order valence-corrected chi connectivity index (χ4v) is 2.49. The summed E-state index contributed by atoms with van der Waals surface area (Å²) in [5.74, 6) is 1.43. The molecule has 0 aliphatic heterocycles. The van der Waals surface area contributed by atoms with Crippen molar-refractivity contribution in [2.45, 2.75) is 36.6 Å². The first kappa shape index (κ1) is 15.9. The second kappa shape index (κ2) is 7.40. The molecule has 0 spiro atoms. The Labute approximate surface area is 118 Å². The third-order valence-corrected chi connectivity index (χ3v) is 4.08. The van der Waals surface area contributed by atoms with Crippen LogP contribution in [0.25, 0.3) is 0 Å². The van der Waals surface area contributed by atoms with Gasteiger partial charge < -0.3 is 16.2 Å². The van der Waals surface area contributed by atoms with Crippen molar-refractivity contribution in [3.05, 3.63) is 24.3 Å². The van der Waals surface area contributed by atoms with Crippen LogP contribution in [-0.2, 0) is 4.79 Å². The van der Waals surface area contributed by atoms with Crippen molar-refractivity contribution in [3.63, 3.8) is 0 Å². The second-order valence-electron chi connectivity index (χ2n) is 4.76. The van der Waals surface area contributed by atoms with Crippen LogP contribution in [-0.4, -0.2) is 24.3 Å². The molecule has 0 bridgehead atoms. The number of carbonyl (C=O) groups is 1. The van der Waals surface area contributed by atoms with Crippen LogP contribution < -0.4 is 16.2 Å². The Morgan fingerprint density at radius 1 is 1.32 bits per heavy atom. The molecule has 106 valence electrons. The van der Waals surface area contributed by atoms with Crippen LogP contribution >= 0.6 is 11.8 Å². The minimum atomic E-state index is -0.884. The molecule has 1 atom stereocenters. The van der Waals surface area contributed by atoms with Gasteiger partial charge in [-0.05, 0) is 49.8 Å². The summed E-state index contributed by atoms with van der Waals surface area (Å²) in [4.78, 5) is 12.3. The predicted octanol–water partition coefficient (Wildman–Crippen LogP) is 2.16. The number of methoxy groups -OCH3 is 1. The molecule has 0 aromatic heterocycles. The van der Waals surface area contributed by atoms with E-state index in [0.717, 1.165) is 24.3 Å². The molecule has 1 unspecified atom stereocenters. The number of hydrogen-bond acceptors (Lipinski definition) is 4. The molecular formula is C14H22N2O2S. The maximum absolute atomic E-state index is 11.0. The molecule has 0 saturated heterocycles. The van der Waals surface area contributed by atoms with Gasteiger partial charge in [-0.3, -0.25) is 4.79 Å². The number of primary amides is 1. The average molecular weight is 282 g/mol. The maximum Gasteiger partial charge on any atom is 0.237 e. The van der Waals surface area contributed by atoms with Crippen molar-refractivity contribution in [1.82, 2.24) is 0 Å². The number of ether oxygens (including phenoxy) is 1. The van der Waals surface area contributed by atoms with Gasteiger partial charge in [0, 0.05) is 4.90 Å². The van der Waals surface area contributed by atoms with E-state index in [1.807, 2.05) is 24.3 Å². The van der Waals surface area contributed by atoms with E-state index in [4.69, 9.17) is 16.2 Å². The van der Waals surface area contributed by atoms with E-state index in [0.29, 0.717) is 6.42 Å². The van der Waals surface area contributed by atoms with Gasteiger partial charge >= 0.3 is 0 Å². The molecule has 1 aromatic carbocycles. The normalized spacial score (nSPS) is 13.8. The van der Waals surface area contributed by atoms with Gasteiger partial charge in [0.1, 0.15) is 5.75 Å². The van der Waals surface area contributed by atoms with Crippen LogP contribution in [0.2, 0.25) is 0 Å². The summed E-state index contributed by atoms with van der Waals surface area (Å²) in [6.45, 7) is 1.69. The molecule has 4 N–H and O–H groups in total. The topological polar surface area (TPSA) is 78.3 Å². The van der Waals surface area contributed by atoms with Gasteiger partial charge in [0.25, 0.3) is 0 Å². The molecule has 0 heterocycles. The minimum Gasteiger partial charge on any atom is -0.497 e. The lowest BCUT2D eigenvalue weighted by Gasteiger charge is -2.19. The van der Waals surface area contributed by atoms with Gasteiger partial charge in [-0.15, -0.1) is 11.8 Å². The van der Waals surface area contributed by atoms with Crippen LogP contribution in [0.15, 0.2) is 29.2 Å². The highest BCUT2D eigenvalue weighted by atomic mass is 32.2. The zero-order valence-corrected chi connectivity index (χ0v) is 12.3. The summed E-state index contributed by atoms with van der Waals surface area (Å²) in [5, 5.41) is 0. The summed E-state index contributed by atoms with van der Waals surface area (Å²) in [6.07, 6.45) is 2.54. The summed E-state index contributed by atoms with van der Waals surface area (Å²) in [5.41, 5.74) is 10.1. The van der Waals surface area contributed by atoms with Crippen molar-refractivity contribution in [2.75, 3.05) is 12.9 Å². The van der Waals surface area contributed by atoms with Gasteiger partial charge in [-0.25, -0.2) is 0 Å². The van der Waals surface area contributed by atoms with Gasteiger partial charge in [-0.2, -0.15) is 0 Å². The van der Waals surface area contributed by atoms with Gasteiger partial charge in [0.2, 0.25) is 5.91 Å². The zero-order chi connectivity index (χ0) is 14.3. The highest BCUT2D eigenvalue weighted by molar-refractivity contribution is 7.99. The molecule has 0 aliphatic carbocycles. The minimum absolute atomic E-state index is 0.435. The van der Waals surface area contributed by atoms with E-state index in [2.05, 4.69) is 0 Å². The van der Waals surface area contributed by atoms with Crippen LogP contribution in [0.5, 0.6) is 5.75 Å². The first-order valence-electron chi connectivity index (χ1n) is 6.31. The van der Waals surface area contributed by atoms with E-state index in [1.54, 1.807) is 25.8 Å². The fraction of sp³-hybridized carbons (Fsp3) is 0.500. The molecular weight excluding hydrogens is 260 g/mol. The number of hydrogen-bond donors (Lipinski definition) is 2.